The Hall–Kier alpha value is -5.05. The summed E-state index contributed by atoms with van der Waals surface area (Å²) in [5.74, 6) is 1.99. The number of fused-ring (bicyclic) bond motifs is 6. The fourth-order valence-electron chi connectivity index (χ4n) is 10.3. The van der Waals surface area contributed by atoms with Crippen LogP contribution in [-0.2, 0) is 92.1 Å². The minimum Gasteiger partial charge on any atom is -0.481 e. The molecular weight excluding hydrogens is 1400 g/mol. The molecule has 0 fully saturated rings. The quantitative estimate of drug-likeness (QED) is 0.00779. The molecule has 4 aromatic heterocycles. The van der Waals surface area contributed by atoms with E-state index in [-0.39, 0.29) is 24.6 Å². The molecule has 0 aliphatic heterocycles. The number of likely N-dealkylation sites (N-methyl/N-ethyl adjacent to an activating group) is 1. The highest BCUT2D eigenvalue weighted by molar-refractivity contribution is 14.1. The van der Waals surface area contributed by atoms with E-state index in [4.69, 9.17) is 88.4 Å². The van der Waals surface area contributed by atoms with Crippen molar-refractivity contribution in [3.8, 4) is 0 Å². The van der Waals surface area contributed by atoms with E-state index in [1.165, 1.54) is 43.2 Å². The first-order valence-electron chi connectivity index (χ1n) is 36.3. The van der Waals surface area contributed by atoms with Crippen LogP contribution in [0, 0.1) is 0 Å². The third-order valence-corrected chi connectivity index (χ3v) is 16.1. The third kappa shape index (κ3) is 39.6. The monoisotopic (exact) mass is 1520 g/mol. The highest BCUT2D eigenvalue weighted by Crippen LogP contribution is 2.30. The molecule has 0 unspecified atom stereocenters. The molecule has 0 atom stereocenters. The van der Waals surface area contributed by atoms with Crippen LogP contribution in [0.5, 0.6) is 0 Å². The lowest BCUT2D eigenvalue weighted by Gasteiger charge is -2.29. The predicted molar refractivity (Wildman–Crippen MR) is 405 cm³/mol. The Labute approximate surface area is 608 Å². The lowest BCUT2D eigenvalue weighted by Crippen LogP contribution is -2.43. The maximum Gasteiger partial charge on any atom is 0.308 e. The fourth-order valence-corrected chi connectivity index (χ4v) is 10.6. The first-order valence-corrected chi connectivity index (χ1v) is 37.8. The number of unbranched alkanes of at least 4 members (excludes halogenated alkanes) is 6. The van der Waals surface area contributed by atoms with Crippen LogP contribution in [0.3, 0.4) is 0 Å². The van der Waals surface area contributed by atoms with Crippen LogP contribution in [0.25, 0.3) is 43.9 Å². The van der Waals surface area contributed by atoms with Gasteiger partial charge in [0, 0.05) is 28.0 Å². The van der Waals surface area contributed by atoms with Gasteiger partial charge in [-0.2, -0.15) is 0 Å². The Balaban J connectivity index is 0.000000439. The molecule has 0 amide bonds. The SMILES string of the molecule is CC(C)(C)OC(=O)CCOCCI.CCCCc1nc2c([nH]1)c(N)nc1cc(CCCCCN(C)C)ccc12.CCCCc1nc2c([nH]1)c(N)nc1cc(CCCCC[N+](C)(C)CCOCCOCCOCCOCCOCCOCCOCCOCCOCCOCCC(=O)O)ccc12. The number of carbonyl (C=O) groups is 2. The Kier molecular flexibility index (Phi) is 46.2. The number of anilines is 2. The number of carbonyl (C=O) groups excluding carboxylic acids is 1. The van der Waals surface area contributed by atoms with E-state index in [0.717, 1.165) is 142 Å². The van der Waals surface area contributed by atoms with Crippen molar-refractivity contribution in [1.82, 2.24) is 34.8 Å². The van der Waals surface area contributed by atoms with Gasteiger partial charge in [0.2, 0.25) is 0 Å². The summed E-state index contributed by atoms with van der Waals surface area (Å²) in [4.78, 5) is 49.4. The van der Waals surface area contributed by atoms with E-state index in [1.54, 1.807) is 0 Å². The lowest BCUT2D eigenvalue weighted by molar-refractivity contribution is -0.891. The lowest BCUT2D eigenvalue weighted by atomic mass is 10.0. The molecule has 0 aliphatic rings. The van der Waals surface area contributed by atoms with Crippen molar-refractivity contribution < 1.29 is 76.0 Å². The van der Waals surface area contributed by atoms with E-state index in [0.29, 0.717) is 157 Å². The van der Waals surface area contributed by atoms with Crippen molar-refractivity contribution in [2.24, 2.45) is 0 Å². The number of nitrogens with one attached hydrogen (secondary N) is 2. The number of rotatable bonds is 56. The summed E-state index contributed by atoms with van der Waals surface area (Å²) in [5.41, 5.74) is 20.2. The molecule has 25 nitrogen and oxygen atoms in total. The number of nitrogens with two attached hydrogens (primary N) is 2. The fraction of sp³-hybridized carbons (Fsp3) is 0.703. The summed E-state index contributed by atoms with van der Waals surface area (Å²) in [7, 11) is 8.79. The van der Waals surface area contributed by atoms with Crippen LogP contribution in [0.1, 0.15) is 134 Å². The van der Waals surface area contributed by atoms with E-state index >= 15 is 0 Å². The number of aromatic amines is 2. The number of carboxylic acid groups (broad SMARTS) is 1. The first kappa shape index (κ1) is 87.4. The van der Waals surface area contributed by atoms with Gasteiger partial charge in [0.1, 0.15) is 57.5 Å². The Morgan fingerprint density at radius 2 is 0.870 bits per heavy atom. The van der Waals surface area contributed by atoms with Gasteiger partial charge >= 0.3 is 11.9 Å². The molecule has 0 spiro atoms. The molecule has 0 aliphatic carbocycles. The number of H-pyrrole nitrogens is 2. The number of halogens is 1. The molecule has 0 saturated carbocycles. The minimum atomic E-state index is -0.874. The number of hydrogen-bond donors (Lipinski definition) is 5. The molecule has 7 N–H and O–H groups in total. The summed E-state index contributed by atoms with van der Waals surface area (Å²) in [6.07, 6.45) is 16.1. The van der Waals surface area contributed by atoms with Crippen LogP contribution in [0.15, 0.2) is 36.4 Å². The largest absolute Gasteiger partial charge is 0.481 e. The van der Waals surface area contributed by atoms with E-state index in [9.17, 15) is 9.59 Å². The number of nitrogen functional groups attached to an aromatic ring is 2. The summed E-state index contributed by atoms with van der Waals surface area (Å²) >= 11 is 2.23. The van der Waals surface area contributed by atoms with Crippen molar-refractivity contribution in [2.75, 3.05) is 209 Å². The topological polar surface area (TPSA) is 304 Å². The van der Waals surface area contributed by atoms with E-state index in [2.05, 4.69) is 121 Å². The second-order valence-corrected chi connectivity index (χ2v) is 27.5. The normalized spacial score (nSPS) is 11.9. The summed E-state index contributed by atoms with van der Waals surface area (Å²) < 4.78 is 67.1. The molecule has 0 radical (unpaired) electrons. The predicted octanol–water partition coefficient (Wildman–Crippen LogP) is 10.9. The highest BCUT2D eigenvalue weighted by atomic mass is 127. The number of hydrogen-bond acceptors (Lipinski definition) is 21. The number of carboxylic acids is 1. The number of benzene rings is 2. The van der Waals surface area contributed by atoms with Crippen molar-refractivity contribution in [3.63, 3.8) is 0 Å². The summed E-state index contributed by atoms with van der Waals surface area (Å²) in [5, 5.41) is 10.7. The number of quaternary nitrogens is 1. The average molecular weight is 1520 g/mol. The molecule has 566 valence electrons. The van der Waals surface area contributed by atoms with Crippen LogP contribution < -0.4 is 11.5 Å². The summed E-state index contributed by atoms with van der Waals surface area (Å²) in [6, 6.07) is 13.1. The standard InChI is InChI=1S/C44H75N5O12.C21H31N5.C9H17IO3/c1-4-5-10-40-47-42-38-12-11-37(36-39(38)46-44(45)43(42)48-40)9-7-6-8-14-49(2,3)15-17-53-19-21-55-23-25-57-27-29-59-31-33-61-35-34-60-32-30-58-28-26-56-24-22-54-20-18-52-16-13-41(50)51;1-4-5-10-18-24-19-16-12-11-15(9-7-6-8-13-26(2)3)14-17(16)23-21(22)20(19)25-18;1-9(2,3)13-8(11)4-6-12-7-5-10/h11-12,36H,4-10,13-35H2,1-3H3,(H3-,45,46,47,48,50,51);11-12,14H,4-10,13H2,1-3H3,(H2,22,23)(H,24,25);4-7H2,1-3H3/p+1. The zero-order chi connectivity index (χ0) is 72.5. The molecule has 6 aromatic rings. The smallest absolute Gasteiger partial charge is 0.308 e. The maximum absolute atomic E-state index is 11.1. The number of nitrogens with zero attached hydrogens (tertiary/aromatic N) is 6. The molecule has 4 heterocycles. The molecular formula is C74H124IN10O15+. The number of esters is 1. The number of pyridine rings is 2. The number of ether oxygens (including phenoxy) is 12. The van der Waals surface area contributed by atoms with Crippen LogP contribution in [0.2, 0.25) is 0 Å². The van der Waals surface area contributed by atoms with E-state index < -0.39 is 5.97 Å². The average Bonchev–Trinajstić information content (AvgIpc) is 1.57. The van der Waals surface area contributed by atoms with Crippen molar-refractivity contribution in [2.45, 2.75) is 143 Å². The molecule has 26 heteroatoms. The second-order valence-electron chi connectivity index (χ2n) is 26.4. The van der Waals surface area contributed by atoms with Gasteiger partial charge in [-0.25, -0.2) is 19.9 Å². The Bertz CT molecular complexity index is 3130. The molecule has 100 heavy (non-hydrogen) atoms. The van der Waals surface area contributed by atoms with Crippen LogP contribution in [-0.4, -0.2) is 260 Å². The van der Waals surface area contributed by atoms with Gasteiger partial charge in [0.25, 0.3) is 0 Å². The van der Waals surface area contributed by atoms with Gasteiger partial charge in [-0.1, -0.05) is 80.0 Å². The van der Waals surface area contributed by atoms with Crippen LogP contribution >= 0.6 is 22.6 Å². The van der Waals surface area contributed by atoms with Gasteiger partial charge in [0.05, 0.1) is 190 Å². The number of aliphatic carboxylic acids is 1. The zero-order valence-electron chi connectivity index (χ0n) is 62.0. The van der Waals surface area contributed by atoms with Gasteiger partial charge in [-0.3, -0.25) is 9.59 Å². The third-order valence-electron chi connectivity index (χ3n) is 15.7. The van der Waals surface area contributed by atoms with Crippen molar-refractivity contribution in [3.05, 3.63) is 59.2 Å². The maximum atomic E-state index is 11.1. The number of alkyl halides is 1. The number of imidazole rings is 2. The number of aryl methyl sites for hydroxylation is 4. The van der Waals surface area contributed by atoms with Crippen LogP contribution in [0.4, 0.5) is 11.6 Å². The van der Waals surface area contributed by atoms with E-state index in [1.807, 2.05) is 20.8 Å². The first-order chi connectivity index (χ1) is 48.3. The molecule has 0 saturated heterocycles. The van der Waals surface area contributed by atoms with Crippen molar-refractivity contribution in [1.29, 1.82) is 0 Å². The summed E-state index contributed by atoms with van der Waals surface area (Å²) in [6.45, 7) is 24.0. The number of aromatic nitrogens is 6. The van der Waals surface area contributed by atoms with Gasteiger partial charge < -0.3 is 92.8 Å². The molecule has 6 rings (SSSR count). The zero-order valence-corrected chi connectivity index (χ0v) is 64.2. The highest BCUT2D eigenvalue weighted by Gasteiger charge is 2.18. The molecule has 0 bridgehead atoms. The van der Waals surface area contributed by atoms with Crippen molar-refractivity contribution >= 4 is 90.0 Å². The van der Waals surface area contributed by atoms with Gasteiger partial charge in [0.15, 0.2) is 0 Å². The Morgan fingerprint density at radius 1 is 0.490 bits per heavy atom. The minimum absolute atomic E-state index is 0.00323. The Morgan fingerprint density at radius 3 is 1.25 bits per heavy atom. The van der Waals surface area contributed by atoms with Gasteiger partial charge in [-0.05, 0) is 122 Å². The second kappa shape index (κ2) is 52.8. The molecule has 2 aromatic carbocycles. The van der Waals surface area contributed by atoms with Gasteiger partial charge in [-0.15, -0.1) is 0 Å².